The highest BCUT2D eigenvalue weighted by atomic mass is 16.1. The standard InChI is InChI=1S/C25H25N3O/c1-4-9-24-27-23(6-3)21(5-2)25(29)28(24)17-18-12-14-19(15-13-18)22-11-8-7-10-20(22)16-26/h5,7-8,10-15H,2,4,6,9,17H2,1,3H3. The maximum Gasteiger partial charge on any atom is 0.261 e. The van der Waals surface area contributed by atoms with Crippen LogP contribution in [0.1, 0.15) is 48.5 Å². The second-order valence-electron chi connectivity index (χ2n) is 6.94. The van der Waals surface area contributed by atoms with E-state index < -0.39 is 0 Å². The Morgan fingerprint density at radius 2 is 1.86 bits per heavy atom. The van der Waals surface area contributed by atoms with Crippen LogP contribution in [0, 0.1) is 11.3 Å². The third-order valence-electron chi connectivity index (χ3n) is 5.03. The van der Waals surface area contributed by atoms with Gasteiger partial charge in [-0.05, 0) is 35.6 Å². The second-order valence-corrected chi connectivity index (χ2v) is 6.94. The van der Waals surface area contributed by atoms with E-state index in [9.17, 15) is 10.1 Å². The molecule has 0 amide bonds. The van der Waals surface area contributed by atoms with Gasteiger partial charge in [-0.25, -0.2) is 4.98 Å². The lowest BCUT2D eigenvalue weighted by molar-refractivity contribution is 0.643. The van der Waals surface area contributed by atoms with Crippen LogP contribution < -0.4 is 5.56 Å². The molecule has 3 rings (SSSR count). The lowest BCUT2D eigenvalue weighted by atomic mass is 9.99. The van der Waals surface area contributed by atoms with Crippen molar-refractivity contribution in [2.45, 2.75) is 39.7 Å². The summed E-state index contributed by atoms with van der Waals surface area (Å²) in [6, 6.07) is 17.8. The van der Waals surface area contributed by atoms with E-state index >= 15 is 0 Å². The van der Waals surface area contributed by atoms with Gasteiger partial charge in [0.2, 0.25) is 0 Å². The second kappa shape index (κ2) is 9.16. The van der Waals surface area contributed by atoms with Crippen LogP contribution in [0.4, 0.5) is 0 Å². The third-order valence-corrected chi connectivity index (χ3v) is 5.03. The summed E-state index contributed by atoms with van der Waals surface area (Å²) >= 11 is 0. The molecule has 0 unspecified atom stereocenters. The van der Waals surface area contributed by atoms with Gasteiger partial charge in [0.25, 0.3) is 5.56 Å². The lowest BCUT2D eigenvalue weighted by Gasteiger charge is -2.15. The molecule has 2 aromatic carbocycles. The van der Waals surface area contributed by atoms with Gasteiger partial charge in [0.15, 0.2) is 0 Å². The molecule has 0 saturated carbocycles. The summed E-state index contributed by atoms with van der Waals surface area (Å²) in [6.45, 7) is 8.37. The molecule has 4 nitrogen and oxygen atoms in total. The van der Waals surface area contributed by atoms with E-state index in [2.05, 4.69) is 19.6 Å². The molecule has 0 N–H and O–H groups in total. The molecule has 0 bridgehead atoms. The molecule has 146 valence electrons. The van der Waals surface area contributed by atoms with Gasteiger partial charge < -0.3 is 0 Å². The van der Waals surface area contributed by atoms with Crippen molar-refractivity contribution < 1.29 is 0 Å². The van der Waals surface area contributed by atoms with E-state index in [1.54, 1.807) is 10.6 Å². The predicted octanol–water partition coefficient (Wildman–Crippen LogP) is 4.99. The number of hydrogen-bond donors (Lipinski definition) is 0. The topological polar surface area (TPSA) is 58.7 Å². The molecular weight excluding hydrogens is 358 g/mol. The van der Waals surface area contributed by atoms with Gasteiger partial charge in [-0.2, -0.15) is 5.26 Å². The highest BCUT2D eigenvalue weighted by molar-refractivity contribution is 5.70. The Hall–Kier alpha value is -3.45. The summed E-state index contributed by atoms with van der Waals surface area (Å²) in [5, 5.41) is 9.33. The van der Waals surface area contributed by atoms with Gasteiger partial charge in [0, 0.05) is 6.42 Å². The molecule has 0 radical (unpaired) electrons. The summed E-state index contributed by atoms with van der Waals surface area (Å²) in [5.41, 5.74) is 4.93. The average molecular weight is 383 g/mol. The molecule has 1 aromatic heterocycles. The molecule has 0 aliphatic heterocycles. The maximum absolute atomic E-state index is 13.1. The minimum absolute atomic E-state index is 0.0331. The maximum atomic E-state index is 13.1. The SMILES string of the molecule is C=Cc1c(CC)nc(CCC)n(Cc2ccc(-c3ccccc3C#N)cc2)c1=O. The minimum Gasteiger partial charge on any atom is -0.292 e. The quantitative estimate of drug-likeness (QED) is 0.578. The molecule has 4 heteroatoms. The van der Waals surface area contributed by atoms with Gasteiger partial charge in [0.05, 0.1) is 29.4 Å². The van der Waals surface area contributed by atoms with E-state index in [4.69, 9.17) is 4.98 Å². The van der Waals surface area contributed by atoms with Crippen LogP contribution in [0.5, 0.6) is 0 Å². The normalized spacial score (nSPS) is 10.5. The van der Waals surface area contributed by atoms with Gasteiger partial charge in [-0.3, -0.25) is 9.36 Å². The summed E-state index contributed by atoms with van der Waals surface area (Å²) in [6.07, 6.45) is 4.00. The molecule has 29 heavy (non-hydrogen) atoms. The largest absolute Gasteiger partial charge is 0.292 e. The fourth-order valence-corrected chi connectivity index (χ4v) is 3.52. The van der Waals surface area contributed by atoms with Crippen molar-refractivity contribution in [1.82, 2.24) is 9.55 Å². The highest BCUT2D eigenvalue weighted by Gasteiger charge is 2.14. The van der Waals surface area contributed by atoms with E-state index in [0.717, 1.165) is 41.1 Å². The van der Waals surface area contributed by atoms with Crippen molar-refractivity contribution in [3.05, 3.63) is 93.7 Å². The number of hydrogen-bond acceptors (Lipinski definition) is 3. The molecule has 0 aliphatic rings. The van der Waals surface area contributed by atoms with Crippen molar-refractivity contribution in [2.75, 3.05) is 0 Å². The number of nitrogens with zero attached hydrogens (tertiary/aromatic N) is 3. The molecule has 1 heterocycles. The number of rotatable bonds is 7. The summed E-state index contributed by atoms with van der Waals surface area (Å²) in [4.78, 5) is 17.8. The summed E-state index contributed by atoms with van der Waals surface area (Å²) in [7, 11) is 0. The third kappa shape index (κ3) is 4.20. The van der Waals surface area contributed by atoms with E-state index in [0.29, 0.717) is 24.1 Å². The zero-order valence-electron chi connectivity index (χ0n) is 17.0. The van der Waals surface area contributed by atoms with Crippen LogP contribution in [-0.2, 0) is 19.4 Å². The Morgan fingerprint density at radius 1 is 1.14 bits per heavy atom. The fourth-order valence-electron chi connectivity index (χ4n) is 3.52. The number of aryl methyl sites for hydroxylation is 2. The fraction of sp³-hybridized carbons (Fsp3) is 0.240. The predicted molar refractivity (Wildman–Crippen MR) is 118 cm³/mol. The Kier molecular flexibility index (Phi) is 6.41. The Balaban J connectivity index is 1.99. The van der Waals surface area contributed by atoms with E-state index in [1.807, 2.05) is 55.5 Å². The average Bonchev–Trinajstić information content (AvgIpc) is 2.76. The Bertz CT molecular complexity index is 1120. The van der Waals surface area contributed by atoms with Crippen LogP contribution >= 0.6 is 0 Å². The van der Waals surface area contributed by atoms with Gasteiger partial charge in [-0.15, -0.1) is 0 Å². The Morgan fingerprint density at radius 3 is 2.48 bits per heavy atom. The number of aromatic nitrogens is 2. The molecule has 0 aliphatic carbocycles. The van der Waals surface area contributed by atoms with Crippen molar-refractivity contribution in [3.8, 4) is 17.2 Å². The van der Waals surface area contributed by atoms with Crippen LogP contribution in [0.2, 0.25) is 0 Å². The first-order valence-electron chi connectivity index (χ1n) is 9.96. The number of nitriles is 1. The monoisotopic (exact) mass is 383 g/mol. The summed E-state index contributed by atoms with van der Waals surface area (Å²) in [5.74, 6) is 0.818. The molecule has 0 fully saturated rings. The first-order valence-corrected chi connectivity index (χ1v) is 9.96. The Labute approximate surface area is 171 Å². The van der Waals surface area contributed by atoms with Gasteiger partial charge in [0.1, 0.15) is 5.82 Å². The van der Waals surface area contributed by atoms with E-state index in [-0.39, 0.29) is 5.56 Å². The number of benzene rings is 2. The molecule has 0 saturated heterocycles. The zero-order chi connectivity index (χ0) is 20.8. The zero-order valence-corrected chi connectivity index (χ0v) is 17.0. The van der Waals surface area contributed by atoms with Crippen molar-refractivity contribution in [2.24, 2.45) is 0 Å². The molecular formula is C25H25N3O. The van der Waals surface area contributed by atoms with Gasteiger partial charge in [-0.1, -0.05) is 69.0 Å². The van der Waals surface area contributed by atoms with Crippen LogP contribution in [0.3, 0.4) is 0 Å². The first-order chi connectivity index (χ1) is 14.1. The first kappa shape index (κ1) is 20.3. The van der Waals surface area contributed by atoms with Crippen molar-refractivity contribution in [3.63, 3.8) is 0 Å². The smallest absolute Gasteiger partial charge is 0.261 e. The van der Waals surface area contributed by atoms with Crippen molar-refractivity contribution >= 4 is 6.08 Å². The summed E-state index contributed by atoms with van der Waals surface area (Å²) < 4.78 is 1.76. The van der Waals surface area contributed by atoms with Crippen LogP contribution in [-0.4, -0.2) is 9.55 Å². The molecule has 0 spiro atoms. The van der Waals surface area contributed by atoms with Crippen molar-refractivity contribution in [1.29, 1.82) is 5.26 Å². The van der Waals surface area contributed by atoms with Gasteiger partial charge >= 0.3 is 0 Å². The highest BCUT2D eigenvalue weighted by Crippen LogP contribution is 2.23. The minimum atomic E-state index is -0.0331. The molecule has 3 aromatic rings. The lowest BCUT2D eigenvalue weighted by Crippen LogP contribution is -2.29. The van der Waals surface area contributed by atoms with Crippen LogP contribution in [0.25, 0.3) is 17.2 Å². The van der Waals surface area contributed by atoms with Crippen LogP contribution in [0.15, 0.2) is 59.9 Å². The van der Waals surface area contributed by atoms with E-state index in [1.165, 1.54) is 0 Å². The molecule has 0 atom stereocenters.